The molecule has 0 saturated carbocycles. The molecule has 6 heteroatoms. The van der Waals surface area contributed by atoms with Crippen molar-refractivity contribution in [3.63, 3.8) is 0 Å². The molecule has 5 nitrogen and oxygen atoms in total. The number of nitrogens with zero attached hydrogens (tertiary/aromatic N) is 1. The minimum Gasteiger partial charge on any atom is -0.497 e. The summed E-state index contributed by atoms with van der Waals surface area (Å²) in [7, 11) is 1.58. The van der Waals surface area contributed by atoms with Gasteiger partial charge in [0, 0.05) is 35.2 Å². The molecule has 0 aliphatic carbocycles. The molecule has 1 aromatic heterocycles. The van der Waals surface area contributed by atoms with E-state index in [1.807, 2.05) is 42.5 Å². The third-order valence-electron chi connectivity index (χ3n) is 3.73. The van der Waals surface area contributed by atoms with E-state index in [1.54, 1.807) is 31.5 Å². The first-order chi connectivity index (χ1) is 12.6. The molecular formula is C20H18ClN3O2. The van der Waals surface area contributed by atoms with Gasteiger partial charge in [-0.15, -0.1) is 0 Å². The molecule has 0 spiro atoms. The lowest BCUT2D eigenvalue weighted by Gasteiger charge is -2.09. The van der Waals surface area contributed by atoms with Crippen LogP contribution in [0.2, 0.25) is 5.02 Å². The maximum absolute atomic E-state index is 12.4. The smallest absolute Gasteiger partial charge is 0.274 e. The Morgan fingerprint density at radius 1 is 1.08 bits per heavy atom. The summed E-state index contributed by atoms with van der Waals surface area (Å²) in [4.78, 5) is 16.6. The van der Waals surface area contributed by atoms with E-state index in [2.05, 4.69) is 15.6 Å². The van der Waals surface area contributed by atoms with Crippen LogP contribution in [0.25, 0.3) is 0 Å². The second-order valence-electron chi connectivity index (χ2n) is 5.60. The molecule has 1 heterocycles. The molecule has 0 radical (unpaired) electrons. The summed E-state index contributed by atoms with van der Waals surface area (Å²) in [6.45, 7) is 0.623. The first-order valence-electron chi connectivity index (χ1n) is 8.04. The van der Waals surface area contributed by atoms with Crippen LogP contribution < -0.4 is 15.4 Å². The number of carbonyl (C=O) groups excluding carboxylic acids is 1. The van der Waals surface area contributed by atoms with Crippen LogP contribution >= 0.6 is 11.6 Å². The van der Waals surface area contributed by atoms with E-state index in [4.69, 9.17) is 16.3 Å². The molecule has 0 aliphatic rings. The quantitative estimate of drug-likeness (QED) is 0.668. The van der Waals surface area contributed by atoms with Gasteiger partial charge in [0.25, 0.3) is 5.91 Å². The number of amides is 1. The molecule has 132 valence electrons. The number of methoxy groups -OCH3 is 1. The van der Waals surface area contributed by atoms with E-state index in [1.165, 1.54) is 0 Å². The first kappa shape index (κ1) is 17.8. The van der Waals surface area contributed by atoms with Gasteiger partial charge in [0.1, 0.15) is 11.4 Å². The zero-order valence-electron chi connectivity index (χ0n) is 14.2. The Morgan fingerprint density at radius 2 is 1.88 bits per heavy atom. The van der Waals surface area contributed by atoms with Gasteiger partial charge in [0.05, 0.1) is 7.11 Å². The monoisotopic (exact) mass is 367 g/mol. The van der Waals surface area contributed by atoms with Gasteiger partial charge >= 0.3 is 0 Å². The van der Waals surface area contributed by atoms with Crippen molar-refractivity contribution in [2.75, 3.05) is 17.7 Å². The van der Waals surface area contributed by atoms with Gasteiger partial charge in [0.2, 0.25) is 0 Å². The fraction of sp³-hybridized carbons (Fsp3) is 0.100. The lowest BCUT2D eigenvalue weighted by atomic mass is 10.2. The average molecular weight is 368 g/mol. The Kier molecular flexibility index (Phi) is 5.71. The van der Waals surface area contributed by atoms with Crippen LogP contribution in [0.5, 0.6) is 5.75 Å². The van der Waals surface area contributed by atoms with Crippen LogP contribution in [0.4, 0.5) is 11.4 Å². The highest BCUT2D eigenvalue weighted by molar-refractivity contribution is 6.30. The number of ether oxygens (including phenoxy) is 1. The van der Waals surface area contributed by atoms with Gasteiger partial charge in [-0.3, -0.25) is 9.78 Å². The summed E-state index contributed by atoms with van der Waals surface area (Å²) in [6.07, 6.45) is 1.60. The molecule has 0 bridgehead atoms. The number of nitrogens with one attached hydrogen (secondary N) is 2. The summed E-state index contributed by atoms with van der Waals surface area (Å²) in [5, 5.41) is 6.79. The maximum atomic E-state index is 12.4. The van der Waals surface area contributed by atoms with E-state index in [9.17, 15) is 4.79 Å². The van der Waals surface area contributed by atoms with Crippen LogP contribution in [0, 0.1) is 0 Å². The summed E-state index contributed by atoms with van der Waals surface area (Å²) < 4.78 is 5.16. The predicted octanol–water partition coefficient (Wildman–Crippen LogP) is 4.61. The predicted molar refractivity (Wildman–Crippen MR) is 104 cm³/mol. The number of benzene rings is 2. The highest BCUT2D eigenvalue weighted by atomic mass is 35.5. The van der Waals surface area contributed by atoms with Crippen molar-refractivity contribution in [1.82, 2.24) is 4.98 Å². The fourth-order valence-electron chi connectivity index (χ4n) is 2.37. The van der Waals surface area contributed by atoms with Crippen molar-refractivity contribution in [1.29, 1.82) is 0 Å². The standard InChI is InChI=1S/C20H18ClN3O2/c1-26-18-4-2-3-17(11-18)24-20(25)19-12-16(9-10-22-19)23-13-14-5-7-15(21)8-6-14/h2-12H,13H2,1H3,(H,22,23)(H,24,25). The van der Waals surface area contributed by atoms with Gasteiger partial charge < -0.3 is 15.4 Å². The van der Waals surface area contributed by atoms with Crippen molar-refractivity contribution >= 4 is 28.9 Å². The Hall–Kier alpha value is -3.05. The molecule has 2 N–H and O–H groups in total. The summed E-state index contributed by atoms with van der Waals surface area (Å²) >= 11 is 5.89. The molecule has 3 aromatic rings. The Morgan fingerprint density at radius 3 is 2.65 bits per heavy atom. The fourth-order valence-corrected chi connectivity index (χ4v) is 2.49. The zero-order valence-corrected chi connectivity index (χ0v) is 15.0. The van der Waals surface area contributed by atoms with Gasteiger partial charge in [0.15, 0.2) is 0 Å². The number of hydrogen-bond acceptors (Lipinski definition) is 4. The van der Waals surface area contributed by atoms with Crippen LogP contribution in [0.15, 0.2) is 66.9 Å². The van der Waals surface area contributed by atoms with Crippen molar-refractivity contribution in [2.45, 2.75) is 6.54 Å². The van der Waals surface area contributed by atoms with Crippen molar-refractivity contribution < 1.29 is 9.53 Å². The van der Waals surface area contributed by atoms with Gasteiger partial charge in [-0.2, -0.15) is 0 Å². The molecule has 0 fully saturated rings. The van der Waals surface area contributed by atoms with Crippen molar-refractivity contribution in [3.05, 3.63) is 83.1 Å². The second-order valence-corrected chi connectivity index (χ2v) is 6.03. The molecule has 3 rings (SSSR count). The van der Waals surface area contributed by atoms with Crippen molar-refractivity contribution in [2.24, 2.45) is 0 Å². The number of aromatic nitrogens is 1. The Bertz CT molecular complexity index is 898. The summed E-state index contributed by atoms with van der Waals surface area (Å²) in [5.74, 6) is 0.391. The summed E-state index contributed by atoms with van der Waals surface area (Å²) in [6, 6.07) is 18.3. The molecule has 0 saturated heterocycles. The third kappa shape index (κ3) is 4.74. The molecule has 0 unspecified atom stereocenters. The first-order valence-corrected chi connectivity index (χ1v) is 8.41. The largest absolute Gasteiger partial charge is 0.497 e. The van der Waals surface area contributed by atoms with Gasteiger partial charge in [-0.25, -0.2) is 0 Å². The minimum atomic E-state index is -0.284. The number of carbonyl (C=O) groups is 1. The molecule has 0 aliphatic heterocycles. The van der Waals surface area contributed by atoms with E-state index in [-0.39, 0.29) is 5.91 Å². The minimum absolute atomic E-state index is 0.284. The Balaban J connectivity index is 1.65. The highest BCUT2D eigenvalue weighted by Gasteiger charge is 2.09. The zero-order chi connectivity index (χ0) is 18.4. The second kappa shape index (κ2) is 8.36. The summed E-state index contributed by atoms with van der Waals surface area (Å²) in [5.41, 5.74) is 2.88. The van der Waals surface area contributed by atoms with Crippen molar-refractivity contribution in [3.8, 4) is 5.75 Å². The highest BCUT2D eigenvalue weighted by Crippen LogP contribution is 2.18. The molecule has 0 atom stereocenters. The number of anilines is 2. The maximum Gasteiger partial charge on any atom is 0.274 e. The van der Waals surface area contributed by atoms with Gasteiger partial charge in [-0.05, 0) is 42.0 Å². The van der Waals surface area contributed by atoms with E-state index < -0.39 is 0 Å². The lowest BCUT2D eigenvalue weighted by Crippen LogP contribution is -2.14. The SMILES string of the molecule is COc1cccc(NC(=O)c2cc(NCc3ccc(Cl)cc3)ccn2)c1. The third-order valence-corrected chi connectivity index (χ3v) is 3.98. The van der Waals surface area contributed by atoms with Crippen LogP contribution in [-0.2, 0) is 6.54 Å². The van der Waals surface area contributed by atoms with Crippen LogP contribution in [-0.4, -0.2) is 18.0 Å². The van der Waals surface area contributed by atoms with E-state index in [0.717, 1.165) is 11.3 Å². The Labute approximate surface area is 157 Å². The lowest BCUT2D eigenvalue weighted by molar-refractivity contribution is 0.102. The van der Waals surface area contributed by atoms with E-state index in [0.29, 0.717) is 28.7 Å². The van der Waals surface area contributed by atoms with Gasteiger partial charge in [-0.1, -0.05) is 29.8 Å². The molecule has 2 aromatic carbocycles. The number of halogens is 1. The number of rotatable bonds is 6. The number of pyridine rings is 1. The number of hydrogen-bond donors (Lipinski definition) is 2. The molecule has 1 amide bonds. The van der Waals surface area contributed by atoms with Crippen LogP contribution in [0.3, 0.4) is 0 Å². The topological polar surface area (TPSA) is 63.2 Å². The average Bonchev–Trinajstić information content (AvgIpc) is 2.68. The molecular weight excluding hydrogens is 350 g/mol. The van der Waals surface area contributed by atoms with Crippen LogP contribution in [0.1, 0.15) is 16.1 Å². The normalized spacial score (nSPS) is 10.2. The van der Waals surface area contributed by atoms with E-state index >= 15 is 0 Å². The molecule has 26 heavy (non-hydrogen) atoms.